The largest absolute Gasteiger partial charge is 0.0629 e. The minimum Gasteiger partial charge on any atom is -0.0622 e. The summed E-state index contributed by atoms with van der Waals surface area (Å²) in [7, 11) is 0. The number of hydrogen-bond donors (Lipinski definition) is 0. The molecule has 0 aliphatic carbocycles. The van der Waals surface area contributed by atoms with E-state index in [0.717, 1.165) is 49.2 Å². The second-order valence-electron chi connectivity index (χ2n) is 10.0. The van der Waals surface area contributed by atoms with Gasteiger partial charge in [-0.2, -0.15) is 0 Å². The van der Waals surface area contributed by atoms with Crippen LogP contribution in [0.3, 0.4) is 0 Å². The Balaban J connectivity index is 1.53. The van der Waals surface area contributed by atoms with Crippen molar-refractivity contribution in [1.29, 1.82) is 0 Å². The first-order chi connectivity index (χ1) is 22.3. The van der Waals surface area contributed by atoms with E-state index in [0.29, 0.717) is 21.9 Å². The molecule has 0 bridgehead atoms. The molecule has 0 saturated carbocycles. The summed E-state index contributed by atoms with van der Waals surface area (Å²) < 4.78 is 52.4. The van der Waals surface area contributed by atoms with Gasteiger partial charge in [-0.25, -0.2) is 0 Å². The van der Waals surface area contributed by atoms with E-state index in [9.17, 15) is 1.37 Å². The molecule has 8 aromatic rings. The average Bonchev–Trinajstić information content (AvgIpc) is 3.07. The monoisotopic (exact) mass is 512 g/mol. The van der Waals surface area contributed by atoms with Gasteiger partial charge in [0.25, 0.3) is 0 Å². The number of rotatable bonds is 3. The molecule has 0 fully saturated rings. The standard InChI is InChI=1S/C40H26/c1-2-13-28(14-3-1)39-35-16-6-8-18-37(35)40(38-19-9-7-17-36(38)39)34-23-11-21-32-31(20-10-22-33(32)34)30-25-24-27-12-4-5-15-29(27)26-30/h1-26H/i2D,3D,6D,8D,16D,18D. The summed E-state index contributed by atoms with van der Waals surface area (Å²) in [6.07, 6.45) is 0. The fourth-order valence-corrected chi connectivity index (χ4v) is 6.09. The van der Waals surface area contributed by atoms with Gasteiger partial charge in [0.15, 0.2) is 0 Å². The normalized spacial score (nSPS) is 13.6. The van der Waals surface area contributed by atoms with Crippen LogP contribution in [0.25, 0.3) is 76.5 Å². The van der Waals surface area contributed by atoms with Gasteiger partial charge in [-0.1, -0.05) is 152 Å². The molecular formula is C40H26. The van der Waals surface area contributed by atoms with Crippen LogP contribution in [0, 0.1) is 0 Å². The van der Waals surface area contributed by atoms with Gasteiger partial charge in [0.2, 0.25) is 0 Å². The third-order valence-corrected chi connectivity index (χ3v) is 7.84. The highest BCUT2D eigenvalue weighted by molar-refractivity contribution is 6.24. The maximum Gasteiger partial charge on any atom is 0.0629 e. The van der Waals surface area contributed by atoms with Gasteiger partial charge in [0.1, 0.15) is 0 Å². The summed E-state index contributed by atoms with van der Waals surface area (Å²) in [5, 5.41) is 6.78. The maximum absolute atomic E-state index is 9.23. The van der Waals surface area contributed by atoms with Crippen LogP contribution in [0.2, 0.25) is 0 Å². The molecule has 0 amide bonds. The van der Waals surface area contributed by atoms with E-state index in [4.69, 9.17) is 6.85 Å². The van der Waals surface area contributed by atoms with Crippen molar-refractivity contribution < 1.29 is 8.22 Å². The molecule has 0 aliphatic heterocycles. The molecule has 0 unspecified atom stereocenters. The Kier molecular flexibility index (Phi) is 4.01. The number of fused-ring (bicyclic) bond motifs is 4. The molecular weight excluding hydrogens is 480 g/mol. The minimum atomic E-state index is -0.315. The van der Waals surface area contributed by atoms with Crippen molar-refractivity contribution in [3.8, 4) is 33.4 Å². The van der Waals surface area contributed by atoms with Crippen LogP contribution in [0.4, 0.5) is 0 Å². The third kappa shape index (κ3) is 3.54. The topological polar surface area (TPSA) is 0 Å². The van der Waals surface area contributed by atoms with E-state index in [1.165, 1.54) is 11.5 Å². The highest BCUT2D eigenvalue weighted by Gasteiger charge is 2.18. The van der Waals surface area contributed by atoms with Crippen LogP contribution in [0.5, 0.6) is 0 Å². The molecule has 0 radical (unpaired) electrons. The Morgan fingerprint density at radius 2 is 0.950 bits per heavy atom. The molecule has 8 aromatic carbocycles. The van der Waals surface area contributed by atoms with E-state index in [2.05, 4.69) is 48.5 Å². The van der Waals surface area contributed by atoms with Gasteiger partial charge >= 0.3 is 0 Å². The molecule has 0 N–H and O–H groups in total. The van der Waals surface area contributed by atoms with Crippen LogP contribution in [0.1, 0.15) is 8.22 Å². The van der Waals surface area contributed by atoms with E-state index >= 15 is 0 Å². The Morgan fingerprint density at radius 3 is 1.73 bits per heavy atom. The summed E-state index contributed by atoms with van der Waals surface area (Å²) >= 11 is 0. The van der Waals surface area contributed by atoms with Crippen LogP contribution in [-0.4, -0.2) is 0 Å². The van der Waals surface area contributed by atoms with E-state index in [1.807, 2.05) is 54.6 Å². The lowest BCUT2D eigenvalue weighted by Gasteiger charge is -2.19. The minimum absolute atomic E-state index is 0.117. The summed E-state index contributed by atoms with van der Waals surface area (Å²) in [6.45, 7) is 0. The molecule has 0 spiro atoms. The van der Waals surface area contributed by atoms with Crippen molar-refractivity contribution in [2.45, 2.75) is 0 Å². The first-order valence-corrected chi connectivity index (χ1v) is 13.4. The fourth-order valence-electron chi connectivity index (χ4n) is 6.09. The Bertz CT molecular complexity index is 2530. The molecule has 0 aromatic heterocycles. The lowest BCUT2D eigenvalue weighted by atomic mass is 9.84. The molecule has 0 saturated heterocycles. The summed E-state index contributed by atoms with van der Waals surface area (Å²) in [5.41, 5.74) is 4.94. The number of benzene rings is 8. The molecule has 40 heavy (non-hydrogen) atoms. The van der Waals surface area contributed by atoms with Crippen molar-refractivity contribution in [2.75, 3.05) is 0 Å². The van der Waals surface area contributed by atoms with Crippen molar-refractivity contribution in [2.24, 2.45) is 0 Å². The second kappa shape index (κ2) is 9.22. The molecule has 0 atom stereocenters. The van der Waals surface area contributed by atoms with Gasteiger partial charge in [0, 0.05) is 0 Å². The zero-order chi connectivity index (χ0) is 31.7. The molecule has 8 rings (SSSR count). The predicted octanol–water partition coefficient (Wildman–Crippen LogP) is 11.3. The van der Waals surface area contributed by atoms with Gasteiger partial charge in [-0.05, 0) is 82.5 Å². The van der Waals surface area contributed by atoms with Crippen LogP contribution >= 0.6 is 0 Å². The summed E-state index contributed by atoms with van der Waals surface area (Å²) in [6, 6.07) is 39.2. The van der Waals surface area contributed by atoms with Crippen LogP contribution < -0.4 is 0 Å². The quantitative estimate of drug-likeness (QED) is 0.207. The Labute approximate surface area is 242 Å². The summed E-state index contributed by atoms with van der Waals surface area (Å²) in [4.78, 5) is 0. The smallest absolute Gasteiger partial charge is 0.0622 e. The fraction of sp³-hybridized carbons (Fsp3) is 0. The highest BCUT2D eigenvalue weighted by Crippen LogP contribution is 2.46. The van der Waals surface area contributed by atoms with Crippen LogP contribution in [-0.2, 0) is 0 Å². The highest BCUT2D eigenvalue weighted by atomic mass is 14.2. The first kappa shape index (κ1) is 17.4. The van der Waals surface area contributed by atoms with Gasteiger partial charge in [-0.3, -0.25) is 0 Å². The molecule has 0 heterocycles. The van der Waals surface area contributed by atoms with E-state index in [-0.39, 0.29) is 36.3 Å². The zero-order valence-corrected chi connectivity index (χ0v) is 21.5. The number of hydrogen-bond acceptors (Lipinski definition) is 0. The van der Waals surface area contributed by atoms with Crippen molar-refractivity contribution in [1.82, 2.24) is 0 Å². The van der Waals surface area contributed by atoms with Gasteiger partial charge in [0.05, 0.1) is 8.22 Å². The zero-order valence-electron chi connectivity index (χ0n) is 27.5. The van der Waals surface area contributed by atoms with Crippen molar-refractivity contribution in [3.63, 3.8) is 0 Å². The van der Waals surface area contributed by atoms with Gasteiger partial charge < -0.3 is 0 Å². The van der Waals surface area contributed by atoms with Crippen LogP contribution in [0.15, 0.2) is 158 Å². The van der Waals surface area contributed by atoms with E-state index < -0.39 is 0 Å². The summed E-state index contributed by atoms with van der Waals surface area (Å²) in [5.74, 6) is 0. The lowest BCUT2D eigenvalue weighted by Crippen LogP contribution is -1.92. The lowest BCUT2D eigenvalue weighted by molar-refractivity contribution is 1.65. The first-order valence-electron chi connectivity index (χ1n) is 16.4. The maximum atomic E-state index is 9.23. The predicted molar refractivity (Wildman–Crippen MR) is 173 cm³/mol. The van der Waals surface area contributed by atoms with Gasteiger partial charge in [-0.15, -0.1) is 0 Å². The van der Waals surface area contributed by atoms with E-state index in [1.54, 1.807) is 12.1 Å². The molecule has 0 nitrogen and oxygen atoms in total. The molecule has 0 heteroatoms. The third-order valence-electron chi connectivity index (χ3n) is 7.84. The second-order valence-corrected chi connectivity index (χ2v) is 10.0. The van der Waals surface area contributed by atoms with Crippen molar-refractivity contribution >= 4 is 43.1 Å². The average molecular weight is 513 g/mol. The van der Waals surface area contributed by atoms with Crippen molar-refractivity contribution in [3.05, 3.63) is 158 Å². The Hall–Kier alpha value is -5.20. The Morgan fingerprint density at radius 1 is 0.350 bits per heavy atom. The molecule has 0 aliphatic rings. The SMILES string of the molecule is [2H]c1cc([2H])cc(-c2c3ccccc3c(-c3cccc4c(-c5ccc6ccccc6c5)cccc34)c3c([2H])c([2H])c([2H])c([2H])c23)c1. The molecule has 186 valence electrons.